The Kier molecular flexibility index (Phi) is 5.09. The third-order valence-electron chi connectivity index (χ3n) is 10.4. The van der Waals surface area contributed by atoms with Crippen LogP contribution in [0.1, 0.15) is 25.0 Å². The van der Waals surface area contributed by atoms with Crippen LogP contribution in [0.5, 0.6) is 0 Å². The SMILES string of the molecule is CC1(C)c2ccccc2-c2c1cc1ccc3c(-c4ccc(-c5nc6ccccc6n5-c5ccccc5)cc4)ccc4ccc2c1c43. The van der Waals surface area contributed by atoms with Crippen LogP contribution in [0.25, 0.3) is 82.7 Å². The summed E-state index contributed by atoms with van der Waals surface area (Å²) in [5.74, 6) is 0.950. The summed E-state index contributed by atoms with van der Waals surface area (Å²) in [6.07, 6.45) is 0. The van der Waals surface area contributed by atoms with Crippen molar-refractivity contribution in [1.29, 1.82) is 0 Å². The van der Waals surface area contributed by atoms with Gasteiger partial charge in [-0.2, -0.15) is 0 Å². The quantitative estimate of drug-likeness (QED) is 0.188. The molecule has 0 radical (unpaired) electrons. The van der Waals surface area contributed by atoms with E-state index < -0.39 is 0 Å². The van der Waals surface area contributed by atoms with Gasteiger partial charge < -0.3 is 0 Å². The highest BCUT2D eigenvalue weighted by molar-refractivity contribution is 6.28. The van der Waals surface area contributed by atoms with E-state index in [4.69, 9.17) is 4.98 Å². The van der Waals surface area contributed by atoms with Crippen molar-refractivity contribution in [3.63, 3.8) is 0 Å². The maximum atomic E-state index is 5.08. The Morgan fingerprint density at radius 1 is 0.522 bits per heavy atom. The molecular formula is C44H30N2. The normalized spacial score (nSPS) is 13.6. The molecule has 46 heavy (non-hydrogen) atoms. The standard InChI is InChI=1S/C44H30N2/c1-44(2)36-13-7-6-12-34(36)42-35-25-21-28-20-23-32(33-24-22-30(26-37(42)44)41(35)40(28)33)27-16-18-29(19-17-27)43-45-38-14-8-9-15-39(38)46(43)31-10-4-3-5-11-31/h3-26H,1-2H3. The van der Waals surface area contributed by atoms with Crippen LogP contribution in [0.2, 0.25) is 0 Å². The largest absolute Gasteiger partial charge is 0.292 e. The van der Waals surface area contributed by atoms with Crippen molar-refractivity contribution in [3.05, 3.63) is 157 Å². The molecule has 0 unspecified atom stereocenters. The molecule has 2 nitrogen and oxygen atoms in total. The molecule has 1 aliphatic carbocycles. The Hall–Kier alpha value is -5.73. The highest BCUT2D eigenvalue weighted by Gasteiger charge is 2.36. The van der Waals surface area contributed by atoms with Gasteiger partial charge in [-0.05, 0) is 96.0 Å². The van der Waals surface area contributed by atoms with E-state index in [9.17, 15) is 0 Å². The molecule has 2 heteroatoms. The zero-order valence-corrected chi connectivity index (χ0v) is 25.8. The molecule has 0 saturated carbocycles. The number of rotatable bonds is 3. The van der Waals surface area contributed by atoms with Crippen molar-refractivity contribution in [1.82, 2.24) is 9.55 Å². The molecule has 8 aromatic carbocycles. The Morgan fingerprint density at radius 2 is 1.20 bits per heavy atom. The van der Waals surface area contributed by atoms with Gasteiger partial charge in [-0.15, -0.1) is 0 Å². The Balaban J connectivity index is 1.16. The Bertz CT molecular complexity index is 2640. The first kappa shape index (κ1) is 25.6. The van der Waals surface area contributed by atoms with Gasteiger partial charge in [0.2, 0.25) is 0 Å². The number of imidazole rings is 1. The number of aromatic nitrogens is 2. The van der Waals surface area contributed by atoms with Crippen LogP contribution in [0.3, 0.4) is 0 Å². The molecule has 0 saturated heterocycles. The maximum Gasteiger partial charge on any atom is 0.145 e. The minimum atomic E-state index is -0.0235. The lowest BCUT2D eigenvalue weighted by atomic mass is 9.80. The van der Waals surface area contributed by atoms with Gasteiger partial charge in [-0.25, -0.2) is 4.98 Å². The number of hydrogen-bond donors (Lipinski definition) is 0. The Labute approximate surface area is 267 Å². The predicted molar refractivity (Wildman–Crippen MR) is 193 cm³/mol. The maximum absolute atomic E-state index is 5.08. The third-order valence-corrected chi connectivity index (χ3v) is 10.4. The first-order valence-electron chi connectivity index (χ1n) is 16.1. The minimum Gasteiger partial charge on any atom is -0.292 e. The molecule has 10 rings (SSSR count). The smallest absolute Gasteiger partial charge is 0.145 e. The lowest BCUT2D eigenvalue weighted by Gasteiger charge is -2.23. The topological polar surface area (TPSA) is 17.8 Å². The summed E-state index contributed by atoms with van der Waals surface area (Å²) in [5, 5.41) is 7.99. The molecule has 1 aromatic heterocycles. The first-order valence-corrected chi connectivity index (χ1v) is 16.1. The van der Waals surface area contributed by atoms with Crippen molar-refractivity contribution in [2.45, 2.75) is 19.3 Å². The molecule has 1 aliphatic rings. The minimum absolute atomic E-state index is 0.0235. The van der Waals surface area contributed by atoms with Crippen LogP contribution in [0.4, 0.5) is 0 Å². The van der Waals surface area contributed by atoms with Gasteiger partial charge in [0.25, 0.3) is 0 Å². The fourth-order valence-corrected chi connectivity index (χ4v) is 8.16. The van der Waals surface area contributed by atoms with Gasteiger partial charge in [-0.3, -0.25) is 4.57 Å². The second-order valence-corrected chi connectivity index (χ2v) is 13.2. The highest BCUT2D eigenvalue weighted by Crippen LogP contribution is 2.53. The molecule has 0 spiro atoms. The summed E-state index contributed by atoms with van der Waals surface area (Å²) >= 11 is 0. The van der Waals surface area contributed by atoms with Gasteiger partial charge in [0.1, 0.15) is 5.82 Å². The van der Waals surface area contributed by atoms with E-state index in [-0.39, 0.29) is 5.41 Å². The molecule has 0 amide bonds. The zero-order valence-electron chi connectivity index (χ0n) is 25.8. The molecule has 0 bridgehead atoms. The fraction of sp³-hybridized carbons (Fsp3) is 0.0682. The van der Waals surface area contributed by atoms with E-state index in [1.54, 1.807) is 0 Å². The van der Waals surface area contributed by atoms with E-state index in [0.29, 0.717) is 0 Å². The van der Waals surface area contributed by atoms with E-state index in [1.165, 1.54) is 65.7 Å². The molecule has 216 valence electrons. The average molecular weight is 587 g/mol. The summed E-state index contributed by atoms with van der Waals surface area (Å²) in [6, 6.07) is 53.2. The van der Waals surface area contributed by atoms with Crippen molar-refractivity contribution < 1.29 is 0 Å². The number of hydrogen-bond acceptors (Lipinski definition) is 1. The van der Waals surface area contributed by atoms with E-state index >= 15 is 0 Å². The number of para-hydroxylation sites is 3. The summed E-state index contributed by atoms with van der Waals surface area (Å²) in [5.41, 5.74) is 12.4. The third kappa shape index (κ3) is 3.39. The highest BCUT2D eigenvalue weighted by atomic mass is 15.1. The molecular weight excluding hydrogens is 556 g/mol. The van der Waals surface area contributed by atoms with Gasteiger partial charge in [0.15, 0.2) is 0 Å². The van der Waals surface area contributed by atoms with Gasteiger partial charge in [-0.1, -0.05) is 129 Å². The van der Waals surface area contributed by atoms with Crippen LogP contribution in [-0.2, 0) is 5.41 Å². The van der Waals surface area contributed by atoms with Gasteiger partial charge in [0.05, 0.1) is 11.0 Å². The summed E-state index contributed by atoms with van der Waals surface area (Å²) in [6.45, 7) is 4.73. The average Bonchev–Trinajstić information content (AvgIpc) is 3.60. The monoisotopic (exact) mass is 586 g/mol. The second-order valence-electron chi connectivity index (χ2n) is 13.2. The zero-order chi connectivity index (χ0) is 30.6. The van der Waals surface area contributed by atoms with E-state index in [0.717, 1.165) is 28.1 Å². The number of benzene rings is 8. The van der Waals surface area contributed by atoms with Crippen molar-refractivity contribution in [2.24, 2.45) is 0 Å². The number of fused-ring (bicyclic) bond motifs is 5. The van der Waals surface area contributed by atoms with E-state index in [2.05, 4.69) is 164 Å². The Morgan fingerprint density at radius 3 is 2.07 bits per heavy atom. The van der Waals surface area contributed by atoms with E-state index in [1.807, 2.05) is 0 Å². The summed E-state index contributed by atoms with van der Waals surface area (Å²) < 4.78 is 2.26. The molecule has 0 N–H and O–H groups in total. The van der Waals surface area contributed by atoms with Gasteiger partial charge >= 0.3 is 0 Å². The molecule has 1 heterocycles. The van der Waals surface area contributed by atoms with Crippen LogP contribution < -0.4 is 0 Å². The van der Waals surface area contributed by atoms with Gasteiger partial charge in [0, 0.05) is 16.7 Å². The number of nitrogens with zero attached hydrogens (tertiary/aromatic N) is 2. The first-order chi connectivity index (χ1) is 22.6. The predicted octanol–water partition coefficient (Wildman–Crippen LogP) is 11.6. The van der Waals surface area contributed by atoms with Crippen molar-refractivity contribution in [3.8, 4) is 39.3 Å². The van der Waals surface area contributed by atoms with Crippen LogP contribution in [0, 0.1) is 0 Å². The lowest BCUT2D eigenvalue weighted by Crippen LogP contribution is -2.14. The molecule has 0 atom stereocenters. The summed E-state index contributed by atoms with van der Waals surface area (Å²) in [7, 11) is 0. The lowest BCUT2D eigenvalue weighted by molar-refractivity contribution is 0.661. The molecule has 0 fully saturated rings. The van der Waals surface area contributed by atoms with Crippen molar-refractivity contribution in [2.75, 3.05) is 0 Å². The van der Waals surface area contributed by atoms with Crippen molar-refractivity contribution >= 4 is 43.4 Å². The summed E-state index contributed by atoms with van der Waals surface area (Å²) in [4.78, 5) is 5.08. The van der Waals surface area contributed by atoms with Crippen LogP contribution in [-0.4, -0.2) is 9.55 Å². The van der Waals surface area contributed by atoms with Crippen LogP contribution >= 0.6 is 0 Å². The molecule has 0 aliphatic heterocycles. The fourth-order valence-electron chi connectivity index (χ4n) is 8.16. The molecule has 9 aromatic rings. The van der Waals surface area contributed by atoms with Crippen LogP contribution in [0.15, 0.2) is 146 Å². The second kappa shape index (κ2) is 9.15.